The summed E-state index contributed by atoms with van der Waals surface area (Å²) in [4.78, 5) is 14.1. The van der Waals surface area contributed by atoms with Crippen molar-refractivity contribution < 1.29 is 9.53 Å². The zero-order chi connectivity index (χ0) is 15.0. The fourth-order valence-electron chi connectivity index (χ4n) is 1.89. The average molecular weight is 279 g/mol. The largest absolute Gasteiger partial charge is 0.383 e. The minimum atomic E-state index is -0.0241. The molecule has 3 N–H and O–H groups in total. The minimum absolute atomic E-state index is 0.0241. The van der Waals surface area contributed by atoms with Crippen molar-refractivity contribution in [2.24, 2.45) is 5.73 Å². The molecule has 0 bridgehead atoms. The lowest BCUT2D eigenvalue weighted by atomic mass is 10.2. The summed E-state index contributed by atoms with van der Waals surface area (Å²) in [5.41, 5.74) is 7.38. The van der Waals surface area contributed by atoms with Gasteiger partial charge in [-0.1, -0.05) is 12.1 Å². The molecule has 0 radical (unpaired) electrons. The lowest BCUT2D eigenvalue weighted by Crippen LogP contribution is -2.40. The third-order valence-electron chi connectivity index (χ3n) is 3.11. The number of benzene rings is 1. The van der Waals surface area contributed by atoms with Crippen LogP contribution in [0.25, 0.3) is 0 Å². The van der Waals surface area contributed by atoms with E-state index in [1.165, 1.54) is 0 Å². The van der Waals surface area contributed by atoms with Crippen LogP contribution in [0.1, 0.15) is 19.4 Å². The van der Waals surface area contributed by atoms with Crippen molar-refractivity contribution in [3.05, 3.63) is 29.8 Å². The van der Waals surface area contributed by atoms with Crippen molar-refractivity contribution in [2.45, 2.75) is 26.4 Å². The standard InChI is InChI=1S/C15H25N3O2/c1-12(2)18(7-8-20-3)11-15(19)17-14-6-4-5-13(9-14)10-16/h4-6,9,12H,7-8,10-11,16H2,1-3H3,(H,17,19). The van der Waals surface area contributed by atoms with Crippen molar-refractivity contribution in [2.75, 3.05) is 32.1 Å². The van der Waals surface area contributed by atoms with E-state index in [1.807, 2.05) is 24.3 Å². The molecule has 20 heavy (non-hydrogen) atoms. The number of nitrogens with two attached hydrogens (primary N) is 1. The van der Waals surface area contributed by atoms with Crippen LogP contribution in [0.3, 0.4) is 0 Å². The highest BCUT2D eigenvalue weighted by Gasteiger charge is 2.13. The number of carbonyl (C=O) groups is 1. The van der Waals surface area contributed by atoms with Gasteiger partial charge in [0.25, 0.3) is 0 Å². The minimum Gasteiger partial charge on any atom is -0.383 e. The van der Waals surface area contributed by atoms with E-state index in [2.05, 4.69) is 24.1 Å². The van der Waals surface area contributed by atoms with Crippen LogP contribution in [-0.4, -0.2) is 43.7 Å². The summed E-state index contributed by atoms with van der Waals surface area (Å²) in [6, 6.07) is 7.89. The van der Waals surface area contributed by atoms with E-state index in [0.29, 0.717) is 25.7 Å². The molecule has 112 valence electrons. The fraction of sp³-hybridized carbons (Fsp3) is 0.533. The molecule has 0 saturated heterocycles. The predicted octanol–water partition coefficient (Wildman–Crippen LogP) is 1.44. The van der Waals surface area contributed by atoms with Crippen LogP contribution in [0.5, 0.6) is 0 Å². The monoisotopic (exact) mass is 279 g/mol. The highest BCUT2D eigenvalue weighted by molar-refractivity contribution is 5.92. The number of ether oxygens (including phenoxy) is 1. The molecule has 0 aliphatic rings. The molecule has 0 unspecified atom stereocenters. The van der Waals surface area contributed by atoms with E-state index in [9.17, 15) is 4.79 Å². The number of methoxy groups -OCH3 is 1. The van der Waals surface area contributed by atoms with Gasteiger partial charge in [0, 0.05) is 31.9 Å². The quantitative estimate of drug-likeness (QED) is 0.755. The van der Waals surface area contributed by atoms with E-state index in [1.54, 1.807) is 7.11 Å². The third-order valence-corrected chi connectivity index (χ3v) is 3.11. The lowest BCUT2D eigenvalue weighted by molar-refractivity contribution is -0.117. The molecule has 1 aromatic carbocycles. The van der Waals surface area contributed by atoms with Gasteiger partial charge in [0.05, 0.1) is 13.2 Å². The second-order valence-electron chi connectivity index (χ2n) is 5.01. The molecule has 1 rings (SSSR count). The summed E-state index contributed by atoms with van der Waals surface area (Å²) in [5, 5.41) is 2.90. The first-order chi connectivity index (χ1) is 9.56. The van der Waals surface area contributed by atoms with Crippen LogP contribution in [0.4, 0.5) is 5.69 Å². The fourth-order valence-corrected chi connectivity index (χ4v) is 1.89. The molecule has 0 atom stereocenters. The molecular weight excluding hydrogens is 254 g/mol. The Kier molecular flexibility index (Phi) is 7.22. The number of amides is 1. The number of nitrogens with one attached hydrogen (secondary N) is 1. The Bertz CT molecular complexity index is 421. The third kappa shape index (κ3) is 5.69. The summed E-state index contributed by atoms with van der Waals surface area (Å²) < 4.78 is 5.07. The van der Waals surface area contributed by atoms with Gasteiger partial charge in [-0.05, 0) is 31.5 Å². The predicted molar refractivity (Wildman–Crippen MR) is 81.5 cm³/mol. The maximum absolute atomic E-state index is 12.1. The van der Waals surface area contributed by atoms with Gasteiger partial charge in [-0.3, -0.25) is 9.69 Å². The molecule has 0 aromatic heterocycles. The lowest BCUT2D eigenvalue weighted by Gasteiger charge is -2.25. The Morgan fingerprint density at radius 3 is 2.80 bits per heavy atom. The maximum atomic E-state index is 12.1. The molecule has 0 spiro atoms. The molecule has 0 aliphatic heterocycles. The second-order valence-corrected chi connectivity index (χ2v) is 5.01. The van der Waals surface area contributed by atoms with Crippen molar-refractivity contribution in [1.82, 2.24) is 4.90 Å². The van der Waals surface area contributed by atoms with Crippen LogP contribution >= 0.6 is 0 Å². The average Bonchev–Trinajstić information content (AvgIpc) is 2.43. The van der Waals surface area contributed by atoms with Gasteiger partial charge in [0.1, 0.15) is 0 Å². The summed E-state index contributed by atoms with van der Waals surface area (Å²) in [7, 11) is 1.66. The summed E-state index contributed by atoms with van der Waals surface area (Å²) in [6.45, 7) is 6.32. The maximum Gasteiger partial charge on any atom is 0.238 e. The van der Waals surface area contributed by atoms with Gasteiger partial charge in [-0.2, -0.15) is 0 Å². The van der Waals surface area contributed by atoms with Crippen LogP contribution in [0, 0.1) is 0 Å². The van der Waals surface area contributed by atoms with Gasteiger partial charge < -0.3 is 15.8 Å². The van der Waals surface area contributed by atoms with E-state index < -0.39 is 0 Å². The van der Waals surface area contributed by atoms with Crippen LogP contribution < -0.4 is 11.1 Å². The van der Waals surface area contributed by atoms with Gasteiger partial charge >= 0.3 is 0 Å². The van der Waals surface area contributed by atoms with E-state index in [-0.39, 0.29) is 5.91 Å². The van der Waals surface area contributed by atoms with E-state index >= 15 is 0 Å². The molecule has 0 aliphatic carbocycles. The molecule has 0 heterocycles. The molecule has 5 heteroatoms. The van der Waals surface area contributed by atoms with Gasteiger partial charge in [0.15, 0.2) is 0 Å². The van der Waals surface area contributed by atoms with Crippen molar-refractivity contribution in [1.29, 1.82) is 0 Å². The Hall–Kier alpha value is -1.43. The smallest absolute Gasteiger partial charge is 0.238 e. The van der Waals surface area contributed by atoms with Crippen molar-refractivity contribution in [3.63, 3.8) is 0 Å². The Morgan fingerprint density at radius 2 is 2.20 bits per heavy atom. The summed E-state index contributed by atoms with van der Waals surface area (Å²) >= 11 is 0. The zero-order valence-electron chi connectivity index (χ0n) is 12.6. The Morgan fingerprint density at radius 1 is 1.45 bits per heavy atom. The Balaban J connectivity index is 2.56. The molecule has 0 saturated carbocycles. The SMILES string of the molecule is COCCN(CC(=O)Nc1cccc(CN)c1)C(C)C. The molecule has 0 fully saturated rings. The summed E-state index contributed by atoms with van der Waals surface area (Å²) in [5.74, 6) is -0.0241. The molecule has 5 nitrogen and oxygen atoms in total. The molecular formula is C15H25N3O2. The van der Waals surface area contributed by atoms with Crippen molar-refractivity contribution >= 4 is 11.6 Å². The zero-order valence-corrected chi connectivity index (χ0v) is 12.6. The first-order valence-electron chi connectivity index (χ1n) is 6.88. The topological polar surface area (TPSA) is 67.6 Å². The van der Waals surface area contributed by atoms with Crippen LogP contribution in [-0.2, 0) is 16.1 Å². The van der Waals surface area contributed by atoms with Gasteiger partial charge in [-0.25, -0.2) is 0 Å². The normalized spacial score (nSPS) is 11.1. The number of anilines is 1. The van der Waals surface area contributed by atoms with Crippen LogP contribution in [0.15, 0.2) is 24.3 Å². The highest BCUT2D eigenvalue weighted by Crippen LogP contribution is 2.10. The number of hydrogen-bond acceptors (Lipinski definition) is 4. The number of carbonyl (C=O) groups excluding carboxylic acids is 1. The number of hydrogen-bond donors (Lipinski definition) is 2. The molecule has 1 aromatic rings. The number of nitrogens with zero attached hydrogens (tertiary/aromatic N) is 1. The highest BCUT2D eigenvalue weighted by atomic mass is 16.5. The van der Waals surface area contributed by atoms with Crippen molar-refractivity contribution in [3.8, 4) is 0 Å². The first-order valence-corrected chi connectivity index (χ1v) is 6.88. The summed E-state index contributed by atoms with van der Waals surface area (Å²) in [6.07, 6.45) is 0. The first kappa shape index (κ1) is 16.6. The number of rotatable bonds is 8. The van der Waals surface area contributed by atoms with E-state index in [0.717, 1.165) is 17.8 Å². The molecule has 1 amide bonds. The van der Waals surface area contributed by atoms with Gasteiger partial charge in [0.2, 0.25) is 5.91 Å². The van der Waals surface area contributed by atoms with Gasteiger partial charge in [-0.15, -0.1) is 0 Å². The second kappa shape index (κ2) is 8.68. The van der Waals surface area contributed by atoms with E-state index in [4.69, 9.17) is 10.5 Å². The van der Waals surface area contributed by atoms with Crippen LogP contribution in [0.2, 0.25) is 0 Å². The Labute approximate surface area is 121 Å².